The predicted molar refractivity (Wildman–Crippen MR) is 145 cm³/mol. The number of H-pyrrole nitrogens is 1. The third-order valence-corrected chi connectivity index (χ3v) is 6.13. The normalized spacial score (nSPS) is 13.8. The Hall–Kier alpha value is -4.30. The number of carbonyl (C=O) groups is 5. The number of benzene rings is 1. The number of amides is 4. The number of nitrogens with two attached hydrogens (primary N) is 3. The summed E-state index contributed by atoms with van der Waals surface area (Å²) in [7, 11) is 0. The summed E-state index contributed by atoms with van der Waals surface area (Å²) >= 11 is 0. The zero-order chi connectivity index (χ0) is 29.5. The Morgan fingerprint density at radius 3 is 2.12 bits per heavy atom. The lowest BCUT2D eigenvalue weighted by molar-refractivity contribution is -0.142. The number of unbranched alkanes of at least 4 members (excludes halogenated alkanes) is 1. The molecular weight excluding hydrogens is 520 g/mol. The van der Waals surface area contributed by atoms with E-state index in [1.165, 1.54) is 12.5 Å². The fraction of sp³-hybridized carbons (Fsp3) is 0.462. The Morgan fingerprint density at radius 1 is 0.875 bits per heavy atom. The average molecular weight is 559 g/mol. The van der Waals surface area contributed by atoms with Gasteiger partial charge in [0, 0.05) is 31.2 Å². The number of carboxylic acids is 1. The molecule has 14 nitrogen and oxygen atoms in total. The highest BCUT2D eigenvalue weighted by atomic mass is 16.4. The maximum atomic E-state index is 13.3. The number of aliphatic carboxylic acids is 1. The second-order valence-electron chi connectivity index (χ2n) is 9.39. The van der Waals surface area contributed by atoms with Gasteiger partial charge in [-0.1, -0.05) is 30.3 Å². The van der Waals surface area contributed by atoms with Gasteiger partial charge in [0.1, 0.15) is 18.1 Å². The number of rotatable bonds is 18. The highest BCUT2D eigenvalue weighted by Gasteiger charge is 2.31. The van der Waals surface area contributed by atoms with Crippen molar-refractivity contribution in [3.8, 4) is 0 Å². The van der Waals surface area contributed by atoms with Gasteiger partial charge < -0.3 is 43.2 Å². The van der Waals surface area contributed by atoms with E-state index in [2.05, 4.69) is 25.9 Å². The van der Waals surface area contributed by atoms with Crippen LogP contribution in [0, 0.1) is 0 Å². The number of aromatic amines is 1. The molecule has 218 valence electrons. The molecule has 1 aromatic heterocycles. The topological polar surface area (TPSA) is 248 Å². The number of carboxylic acid groups (broad SMARTS) is 1. The minimum absolute atomic E-state index is 0.00114. The van der Waals surface area contributed by atoms with Crippen LogP contribution in [0.3, 0.4) is 0 Å². The zero-order valence-corrected chi connectivity index (χ0v) is 22.2. The Labute approximate surface area is 231 Å². The number of nitrogens with zero attached hydrogens (tertiary/aromatic N) is 1. The molecule has 4 unspecified atom stereocenters. The molecular formula is C26H38N8O6. The highest BCUT2D eigenvalue weighted by Crippen LogP contribution is 2.08. The van der Waals surface area contributed by atoms with E-state index in [0.29, 0.717) is 30.6 Å². The average Bonchev–Trinajstić information content (AvgIpc) is 3.44. The van der Waals surface area contributed by atoms with Crippen molar-refractivity contribution in [2.75, 3.05) is 6.54 Å². The van der Waals surface area contributed by atoms with Crippen LogP contribution in [0.4, 0.5) is 0 Å². The van der Waals surface area contributed by atoms with Crippen molar-refractivity contribution in [1.82, 2.24) is 25.9 Å². The Kier molecular flexibility index (Phi) is 13.3. The minimum atomic E-state index is -1.25. The van der Waals surface area contributed by atoms with Gasteiger partial charge in [-0.15, -0.1) is 0 Å². The van der Waals surface area contributed by atoms with Crippen molar-refractivity contribution in [1.29, 1.82) is 0 Å². The SMILES string of the molecule is NCCCCC(NC(=O)C(N)CCC(N)=O)C(=O)NC(Cc1cnc[nH]1)C(=O)NC(Cc1ccccc1)C(=O)O. The van der Waals surface area contributed by atoms with Crippen LogP contribution < -0.4 is 33.2 Å². The van der Waals surface area contributed by atoms with Crippen molar-refractivity contribution in [2.45, 2.75) is 69.1 Å². The van der Waals surface area contributed by atoms with Crippen LogP contribution in [0.1, 0.15) is 43.4 Å². The van der Waals surface area contributed by atoms with Gasteiger partial charge in [0.15, 0.2) is 0 Å². The second kappa shape index (κ2) is 16.6. The Morgan fingerprint density at radius 2 is 1.52 bits per heavy atom. The van der Waals surface area contributed by atoms with Crippen LogP contribution in [0.25, 0.3) is 0 Å². The fourth-order valence-corrected chi connectivity index (χ4v) is 3.89. The van der Waals surface area contributed by atoms with Gasteiger partial charge in [0.2, 0.25) is 23.6 Å². The molecule has 0 saturated carbocycles. The molecule has 1 aromatic carbocycles. The molecule has 2 rings (SSSR count). The van der Waals surface area contributed by atoms with Crippen molar-refractivity contribution in [2.24, 2.45) is 17.2 Å². The fourth-order valence-electron chi connectivity index (χ4n) is 3.89. The standard InChI is InChI=1S/C26H38N8O6/c27-11-5-4-8-19(32-23(36)18(28)9-10-22(29)35)24(37)33-20(13-17-14-30-15-31-17)25(38)34-21(26(39)40)12-16-6-2-1-3-7-16/h1-3,6-7,14-15,18-21H,4-5,8-13,27-28H2,(H2,29,35)(H,30,31)(H,32,36)(H,33,37)(H,34,38)(H,39,40). The first-order valence-electron chi connectivity index (χ1n) is 13.0. The molecule has 4 amide bonds. The predicted octanol–water partition coefficient (Wildman–Crippen LogP) is -1.54. The van der Waals surface area contributed by atoms with Crippen LogP contribution >= 0.6 is 0 Å². The minimum Gasteiger partial charge on any atom is -0.480 e. The van der Waals surface area contributed by atoms with Gasteiger partial charge in [-0.2, -0.15) is 0 Å². The lowest BCUT2D eigenvalue weighted by Gasteiger charge is -2.25. The molecule has 1 heterocycles. The summed E-state index contributed by atoms with van der Waals surface area (Å²) in [4.78, 5) is 69.0. The van der Waals surface area contributed by atoms with Gasteiger partial charge in [-0.25, -0.2) is 9.78 Å². The molecule has 0 saturated heterocycles. The summed E-state index contributed by atoms with van der Waals surface area (Å²) in [5, 5.41) is 17.4. The van der Waals surface area contributed by atoms with Gasteiger partial charge in [0.25, 0.3) is 0 Å². The summed E-state index contributed by atoms with van der Waals surface area (Å²) < 4.78 is 0. The summed E-state index contributed by atoms with van der Waals surface area (Å²) in [5.41, 5.74) is 17.8. The van der Waals surface area contributed by atoms with Crippen molar-refractivity contribution >= 4 is 29.6 Å². The van der Waals surface area contributed by atoms with Gasteiger partial charge >= 0.3 is 5.97 Å². The smallest absolute Gasteiger partial charge is 0.326 e. The monoisotopic (exact) mass is 558 g/mol. The first-order chi connectivity index (χ1) is 19.1. The molecule has 14 heteroatoms. The van der Waals surface area contributed by atoms with Crippen LogP contribution in [-0.2, 0) is 36.8 Å². The molecule has 0 bridgehead atoms. The number of hydrogen-bond donors (Lipinski definition) is 8. The lowest BCUT2D eigenvalue weighted by Crippen LogP contribution is -2.57. The van der Waals surface area contributed by atoms with Crippen LogP contribution in [0.5, 0.6) is 0 Å². The second-order valence-corrected chi connectivity index (χ2v) is 9.39. The van der Waals surface area contributed by atoms with E-state index >= 15 is 0 Å². The Bertz CT molecular complexity index is 1110. The van der Waals surface area contributed by atoms with Crippen LogP contribution in [-0.4, -0.2) is 75.4 Å². The Balaban J connectivity index is 2.18. The number of imidazole rings is 1. The summed E-state index contributed by atoms with van der Waals surface area (Å²) in [6, 6.07) is 4.23. The van der Waals surface area contributed by atoms with Gasteiger partial charge in [-0.3, -0.25) is 19.2 Å². The van der Waals surface area contributed by atoms with E-state index in [9.17, 15) is 29.1 Å². The summed E-state index contributed by atoms with van der Waals surface area (Å²) in [6.45, 7) is 0.378. The van der Waals surface area contributed by atoms with Crippen LogP contribution in [0.15, 0.2) is 42.9 Å². The third kappa shape index (κ3) is 11.2. The van der Waals surface area contributed by atoms with Crippen molar-refractivity contribution in [3.05, 3.63) is 54.1 Å². The summed E-state index contributed by atoms with van der Waals surface area (Å²) in [5.74, 6) is -3.89. The molecule has 0 aliphatic rings. The molecule has 0 spiro atoms. The number of primary amides is 1. The van der Waals surface area contributed by atoms with Crippen LogP contribution in [0.2, 0.25) is 0 Å². The van der Waals surface area contributed by atoms with E-state index < -0.39 is 53.8 Å². The maximum Gasteiger partial charge on any atom is 0.326 e. The summed E-state index contributed by atoms with van der Waals surface area (Å²) in [6.07, 6.45) is 4.10. The maximum absolute atomic E-state index is 13.3. The van der Waals surface area contributed by atoms with E-state index in [4.69, 9.17) is 17.2 Å². The molecule has 40 heavy (non-hydrogen) atoms. The number of carbonyl (C=O) groups excluding carboxylic acids is 4. The quantitative estimate of drug-likeness (QED) is 0.0985. The van der Waals surface area contributed by atoms with Gasteiger partial charge in [-0.05, 0) is 37.8 Å². The van der Waals surface area contributed by atoms with E-state index in [-0.39, 0.29) is 32.1 Å². The van der Waals surface area contributed by atoms with Gasteiger partial charge in [0.05, 0.1) is 12.4 Å². The lowest BCUT2D eigenvalue weighted by atomic mass is 10.0. The van der Waals surface area contributed by atoms with E-state index in [1.54, 1.807) is 30.3 Å². The first kappa shape index (κ1) is 31.9. The first-order valence-corrected chi connectivity index (χ1v) is 13.0. The molecule has 2 aromatic rings. The number of aromatic nitrogens is 2. The molecule has 0 aliphatic heterocycles. The number of nitrogens with one attached hydrogen (secondary N) is 4. The zero-order valence-electron chi connectivity index (χ0n) is 22.2. The van der Waals surface area contributed by atoms with Crippen molar-refractivity contribution < 1.29 is 29.1 Å². The third-order valence-electron chi connectivity index (χ3n) is 6.13. The van der Waals surface area contributed by atoms with Crippen molar-refractivity contribution in [3.63, 3.8) is 0 Å². The molecule has 11 N–H and O–H groups in total. The molecule has 0 aliphatic carbocycles. The number of hydrogen-bond acceptors (Lipinski definition) is 8. The molecule has 0 radical (unpaired) electrons. The largest absolute Gasteiger partial charge is 0.480 e. The van der Waals surface area contributed by atoms with E-state index in [0.717, 1.165) is 0 Å². The van der Waals surface area contributed by atoms with E-state index in [1.807, 2.05) is 0 Å². The molecule has 0 fully saturated rings. The highest BCUT2D eigenvalue weighted by molar-refractivity contribution is 5.94. The molecule has 4 atom stereocenters.